The maximum absolute atomic E-state index is 12.0. The fourth-order valence-electron chi connectivity index (χ4n) is 1.65. The maximum Gasteiger partial charge on any atom is 0.343 e. The van der Waals surface area contributed by atoms with E-state index in [1.807, 2.05) is 0 Å². The predicted octanol–water partition coefficient (Wildman–Crippen LogP) is 3.48. The molecular weight excluding hydrogens is 298 g/mol. The minimum absolute atomic E-state index is 0.0300. The van der Waals surface area contributed by atoms with Gasteiger partial charge in [-0.3, -0.25) is 10.1 Å². The molecule has 0 spiro atoms. The summed E-state index contributed by atoms with van der Waals surface area (Å²) < 4.78 is 9.97. The van der Waals surface area contributed by atoms with Gasteiger partial charge < -0.3 is 9.47 Å². The summed E-state index contributed by atoms with van der Waals surface area (Å²) in [6, 6.07) is 10.3. The van der Waals surface area contributed by atoms with Crippen molar-refractivity contribution in [1.82, 2.24) is 0 Å². The van der Waals surface area contributed by atoms with Crippen LogP contribution < -0.4 is 9.47 Å². The van der Waals surface area contributed by atoms with Gasteiger partial charge in [0, 0.05) is 6.07 Å². The molecule has 21 heavy (non-hydrogen) atoms. The third-order valence-electron chi connectivity index (χ3n) is 2.65. The van der Waals surface area contributed by atoms with E-state index in [0.29, 0.717) is 0 Å². The lowest BCUT2D eigenvalue weighted by Gasteiger charge is -2.07. The number of methoxy groups -OCH3 is 1. The number of ether oxygens (including phenoxy) is 2. The molecule has 108 valence electrons. The Hall–Kier alpha value is -2.60. The van der Waals surface area contributed by atoms with Crippen LogP contribution in [0.5, 0.6) is 11.5 Å². The summed E-state index contributed by atoms with van der Waals surface area (Å²) in [7, 11) is 1.31. The smallest absolute Gasteiger partial charge is 0.343 e. The number of carbonyl (C=O) groups excluding carboxylic acids is 1. The van der Waals surface area contributed by atoms with E-state index in [9.17, 15) is 14.9 Å². The van der Waals surface area contributed by atoms with Crippen molar-refractivity contribution in [2.75, 3.05) is 7.11 Å². The molecule has 7 heteroatoms. The van der Waals surface area contributed by atoms with Crippen LogP contribution in [0.1, 0.15) is 10.4 Å². The molecule has 0 aliphatic carbocycles. The molecule has 0 heterocycles. The monoisotopic (exact) mass is 307 g/mol. The second-order valence-corrected chi connectivity index (χ2v) is 4.37. The average Bonchev–Trinajstić information content (AvgIpc) is 2.48. The molecular formula is C14H10ClNO5. The van der Waals surface area contributed by atoms with Gasteiger partial charge in [0.2, 0.25) is 0 Å². The quantitative estimate of drug-likeness (QED) is 0.374. The Kier molecular flexibility index (Phi) is 4.39. The number of benzene rings is 2. The van der Waals surface area contributed by atoms with Gasteiger partial charge in [0.15, 0.2) is 5.75 Å². The first-order valence-electron chi connectivity index (χ1n) is 5.82. The van der Waals surface area contributed by atoms with E-state index in [4.69, 9.17) is 21.1 Å². The number of nitro groups is 1. The lowest BCUT2D eigenvalue weighted by atomic mass is 10.2. The lowest BCUT2D eigenvalue weighted by Crippen LogP contribution is -2.09. The fraction of sp³-hybridized carbons (Fsp3) is 0.0714. The van der Waals surface area contributed by atoms with Crippen molar-refractivity contribution in [3.63, 3.8) is 0 Å². The zero-order valence-electron chi connectivity index (χ0n) is 10.9. The van der Waals surface area contributed by atoms with Gasteiger partial charge in [-0.2, -0.15) is 0 Å². The highest BCUT2D eigenvalue weighted by Gasteiger charge is 2.19. The van der Waals surface area contributed by atoms with E-state index in [2.05, 4.69) is 0 Å². The average molecular weight is 308 g/mol. The molecule has 2 rings (SSSR count). The largest absolute Gasteiger partial charge is 0.490 e. The third kappa shape index (κ3) is 3.29. The predicted molar refractivity (Wildman–Crippen MR) is 76.1 cm³/mol. The third-order valence-corrected chi connectivity index (χ3v) is 2.96. The topological polar surface area (TPSA) is 78.7 Å². The van der Waals surface area contributed by atoms with Gasteiger partial charge in [0.1, 0.15) is 5.75 Å². The van der Waals surface area contributed by atoms with Gasteiger partial charge in [-0.05, 0) is 24.3 Å². The SMILES string of the molecule is COc1ccc(C(=O)Oc2ccccc2Cl)cc1[N+](=O)[O-]. The molecule has 2 aromatic carbocycles. The summed E-state index contributed by atoms with van der Waals surface area (Å²) >= 11 is 5.88. The number of nitrogens with zero attached hydrogens (tertiary/aromatic N) is 1. The Labute approximate surface area is 125 Å². The van der Waals surface area contributed by atoms with Crippen LogP contribution in [0.15, 0.2) is 42.5 Å². The van der Waals surface area contributed by atoms with Gasteiger partial charge in [0.05, 0.1) is 22.6 Å². The fourth-order valence-corrected chi connectivity index (χ4v) is 1.82. The highest BCUT2D eigenvalue weighted by atomic mass is 35.5. The van der Waals surface area contributed by atoms with Gasteiger partial charge in [-0.25, -0.2) is 4.79 Å². The minimum Gasteiger partial charge on any atom is -0.490 e. The highest BCUT2D eigenvalue weighted by Crippen LogP contribution is 2.29. The van der Waals surface area contributed by atoms with E-state index in [-0.39, 0.29) is 27.8 Å². The van der Waals surface area contributed by atoms with E-state index in [1.54, 1.807) is 18.2 Å². The molecule has 0 radical (unpaired) electrons. The van der Waals surface area contributed by atoms with Crippen LogP contribution >= 0.6 is 11.6 Å². The Morgan fingerprint density at radius 1 is 1.19 bits per heavy atom. The second-order valence-electron chi connectivity index (χ2n) is 3.96. The lowest BCUT2D eigenvalue weighted by molar-refractivity contribution is -0.385. The van der Waals surface area contributed by atoms with Crippen LogP contribution in [0.3, 0.4) is 0 Å². The van der Waals surface area contributed by atoms with Crippen LogP contribution in [-0.2, 0) is 0 Å². The first-order valence-corrected chi connectivity index (χ1v) is 6.20. The summed E-state index contributed by atoms with van der Waals surface area (Å²) in [5.41, 5.74) is -0.284. The van der Waals surface area contributed by atoms with Crippen molar-refractivity contribution in [3.8, 4) is 11.5 Å². The van der Waals surface area contributed by atoms with Crippen molar-refractivity contribution in [2.45, 2.75) is 0 Å². The summed E-state index contributed by atoms with van der Waals surface area (Å²) in [6.07, 6.45) is 0. The van der Waals surface area contributed by atoms with E-state index in [1.165, 1.54) is 25.3 Å². The Balaban J connectivity index is 2.30. The van der Waals surface area contributed by atoms with Crippen LogP contribution in [-0.4, -0.2) is 18.0 Å². The number of carbonyl (C=O) groups is 1. The Bertz CT molecular complexity index is 702. The van der Waals surface area contributed by atoms with Crippen molar-refractivity contribution in [2.24, 2.45) is 0 Å². The molecule has 6 nitrogen and oxygen atoms in total. The number of para-hydroxylation sites is 1. The normalized spacial score (nSPS) is 10.0. The van der Waals surface area contributed by atoms with E-state index >= 15 is 0 Å². The number of hydrogen-bond acceptors (Lipinski definition) is 5. The second kappa shape index (κ2) is 6.23. The number of hydrogen-bond donors (Lipinski definition) is 0. The summed E-state index contributed by atoms with van der Waals surface area (Å²) in [5, 5.41) is 11.2. The Morgan fingerprint density at radius 2 is 1.90 bits per heavy atom. The summed E-state index contributed by atoms with van der Waals surface area (Å²) in [4.78, 5) is 22.3. The van der Waals surface area contributed by atoms with Crippen LogP contribution in [0.4, 0.5) is 5.69 Å². The van der Waals surface area contributed by atoms with E-state index in [0.717, 1.165) is 6.07 Å². The molecule has 2 aromatic rings. The number of esters is 1. The molecule has 0 saturated heterocycles. The molecule has 0 atom stereocenters. The molecule has 0 amide bonds. The zero-order chi connectivity index (χ0) is 15.4. The molecule has 0 fully saturated rings. The maximum atomic E-state index is 12.0. The van der Waals surface area contributed by atoms with Gasteiger partial charge in [-0.1, -0.05) is 23.7 Å². The summed E-state index contributed by atoms with van der Waals surface area (Å²) in [5.74, 6) is -0.495. The number of halogens is 1. The van der Waals surface area contributed by atoms with Crippen LogP contribution in [0, 0.1) is 10.1 Å². The van der Waals surface area contributed by atoms with Crippen LogP contribution in [0.2, 0.25) is 5.02 Å². The molecule has 0 aromatic heterocycles. The van der Waals surface area contributed by atoms with Crippen molar-refractivity contribution in [3.05, 3.63) is 63.2 Å². The van der Waals surface area contributed by atoms with Gasteiger partial charge >= 0.3 is 11.7 Å². The Morgan fingerprint density at radius 3 is 2.52 bits per heavy atom. The molecule has 0 aliphatic heterocycles. The molecule has 0 unspecified atom stereocenters. The zero-order valence-corrected chi connectivity index (χ0v) is 11.7. The molecule has 0 N–H and O–H groups in total. The molecule has 0 aliphatic rings. The first kappa shape index (κ1) is 14.8. The van der Waals surface area contributed by atoms with Crippen molar-refractivity contribution < 1.29 is 19.2 Å². The van der Waals surface area contributed by atoms with Gasteiger partial charge in [0.25, 0.3) is 0 Å². The van der Waals surface area contributed by atoms with Gasteiger partial charge in [-0.15, -0.1) is 0 Å². The molecule has 0 bridgehead atoms. The standard InChI is InChI=1S/C14H10ClNO5/c1-20-13-7-6-9(8-11(13)16(18)19)14(17)21-12-5-3-2-4-10(12)15/h2-8H,1H3. The number of rotatable bonds is 4. The number of nitro benzene ring substituents is 1. The van der Waals surface area contributed by atoms with E-state index < -0.39 is 10.9 Å². The highest BCUT2D eigenvalue weighted by molar-refractivity contribution is 6.32. The van der Waals surface area contributed by atoms with Crippen molar-refractivity contribution >= 4 is 23.3 Å². The molecule has 0 saturated carbocycles. The van der Waals surface area contributed by atoms with Crippen molar-refractivity contribution in [1.29, 1.82) is 0 Å². The van der Waals surface area contributed by atoms with Crippen LogP contribution in [0.25, 0.3) is 0 Å². The summed E-state index contributed by atoms with van der Waals surface area (Å²) in [6.45, 7) is 0. The minimum atomic E-state index is -0.742. The first-order chi connectivity index (χ1) is 10.0.